The van der Waals surface area contributed by atoms with Crippen LogP contribution < -0.4 is 16.0 Å². The van der Waals surface area contributed by atoms with Crippen LogP contribution in [0.5, 0.6) is 0 Å². The SMILES string of the molecule is Cc1cccc(N2CCN(CCC(=O)NC(C)(CN)C(C)C)CC2)c1. The normalized spacial score (nSPS) is 18.2. The highest BCUT2D eigenvalue weighted by Gasteiger charge is 2.28. The van der Waals surface area contributed by atoms with Gasteiger partial charge in [0.15, 0.2) is 0 Å². The van der Waals surface area contributed by atoms with Crippen LogP contribution in [0.4, 0.5) is 5.69 Å². The summed E-state index contributed by atoms with van der Waals surface area (Å²) in [5.41, 5.74) is 8.12. The third-order valence-corrected chi connectivity index (χ3v) is 5.52. The van der Waals surface area contributed by atoms with E-state index in [1.165, 1.54) is 11.3 Å². The summed E-state index contributed by atoms with van der Waals surface area (Å²) >= 11 is 0. The van der Waals surface area contributed by atoms with Crippen LogP contribution in [-0.4, -0.2) is 55.6 Å². The molecule has 25 heavy (non-hydrogen) atoms. The lowest BCUT2D eigenvalue weighted by atomic mass is 9.88. The number of nitrogens with zero attached hydrogens (tertiary/aromatic N) is 2. The number of piperazine rings is 1. The lowest BCUT2D eigenvalue weighted by Crippen LogP contribution is -2.55. The first-order valence-electron chi connectivity index (χ1n) is 9.39. The Labute approximate surface area is 152 Å². The molecule has 5 nitrogen and oxygen atoms in total. The molecule has 5 heteroatoms. The number of carbonyl (C=O) groups is 1. The van der Waals surface area contributed by atoms with Gasteiger partial charge in [-0.15, -0.1) is 0 Å². The second-order valence-corrected chi connectivity index (χ2v) is 7.74. The Kier molecular flexibility index (Phi) is 6.85. The second-order valence-electron chi connectivity index (χ2n) is 7.74. The fourth-order valence-electron chi connectivity index (χ4n) is 3.13. The highest BCUT2D eigenvalue weighted by molar-refractivity contribution is 5.77. The number of carbonyl (C=O) groups excluding carboxylic acids is 1. The van der Waals surface area contributed by atoms with Crippen molar-refractivity contribution in [1.82, 2.24) is 10.2 Å². The van der Waals surface area contributed by atoms with Crippen molar-refractivity contribution in [2.75, 3.05) is 44.2 Å². The zero-order valence-electron chi connectivity index (χ0n) is 16.2. The third-order valence-electron chi connectivity index (χ3n) is 5.52. The van der Waals surface area contributed by atoms with E-state index >= 15 is 0 Å². The molecule has 2 rings (SSSR count). The molecule has 1 aliphatic rings. The number of nitrogens with one attached hydrogen (secondary N) is 1. The van der Waals surface area contributed by atoms with Crippen molar-refractivity contribution in [2.24, 2.45) is 11.7 Å². The summed E-state index contributed by atoms with van der Waals surface area (Å²) < 4.78 is 0. The molecule has 1 aliphatic heterocycles. The van der Waals surface area contributed by atoms with Crippen molar-refractivity contribution >= 4 is 11.6 Å². The summed E-state index contributed by atoms with van der Waals surface area (Å²) in [4.78, 5) is 17.1. The average molecular weight is 347 g/mol. The Morgan fingerprint density at radius 2 is 1.96 bits per heavy atom. The van der Waals surface area contributed by atoms with Crippen LogP contribution in [0.15, 0.2) is 24.3 Å². The van der Waals surface area contributed by atoms with Gasteiger partial charge >= 0.3 is 0 Å². The monoisotopic (exact) mass is 346 g/mol. The highest BCUT2D eigenvalue weighted by Crippen LogP contribution is 2.18. The average Bonchev–Trinajstić information content (AvgIpc) is 2.60. The summed E-state index contributed by atoms with van der Waals surface area (Å²) in [6.45, 7) is 13.6. The zero-order chi connectivity index (χ0) is 18.4. The molecule has 1 heterocycles. The Morgan fingerprint density at radius 3 is 2.52 bits per heavy atom. The molecule has 0 aromatic heterocycles. The molecule has 0 radical (unpaired) electrons. The minimum atomic E-state index is -0.319. The van der Waals surface area contributed by atoms with E-state index < -0.39 is 0 Å². The van der Waals surface area contributed by atoms with Gasteiger partial charge in [0.2, 0.25) is 5.91 Å². The van der Waals surface area contributed by atoms with Gasteiger partial charge in [-0.1, -0.05) is 26.0 Å². The number of anilines is 1. The van der Waals surface area contributed by atoms with Crippen LogP contribution in [0.3, 0.4) is 0 Å². The lowest BCUT2D eigenvalue weighted by molar-refractivity contribution is -0.123. The van der Waals surface area contributed by atoms with Gasteiger partial charge < -0.3 is 16.0 Å². The third kappa shape index (κ3) is 5.44. The van der Waals surface area contributed by atoms with Crippen molar-refractivity contribution in [2.45, 2.75) is 39.7 Å². The Balaban J connectivity index is 1.76. The zero-order valence-corrected chi connectivity index (χ0v) is 16.2. The number of aryl methyl sites for hydroxylation is 1. The van der Waals surface area contributed by atoms with E-state index in [2.05, 4.69) is 60.2 Å². The van der Waals surface area contributed by atoms with E-state index in [0.29, 0.717) is 18.9 Å². The fraction of sp³-hybridized carbons (Fsp3) is 0.650. The molecule has 1 unspecified atom stereocenters. The largest absolute Gasteiger partial charge is 0.369 e. The molecule has 1 fully saturated rings. The number of nitrogens with two attached hydrogens (primary N) is 1. The molecule has 1 aromatic rings. The maximum atomic E-state index is 12.3. The number of benzene rings is 1. The van der Waals surface area contributed by atoms with Gasteiger partial charge in [-0.2, -0.15) is 0 Å². The Bertz CT molecular complexity index is 567. The van der Waals surface area contributed by atoms with Crippen LogP contribution >= 0.6 is 0 Å². The predicted molar refractivity (Wildman–Crippen MR) is 105 cm³/mol. The molecule has 1 saturated heterocycles. The first-order chi connectivity index (χ1) is 11.8. The van der Waals surface area contributed by atoms with Gasteiger partial charge in [-0.05, 0) is 37.5 Å². The van der Waals surface area contributed by atoms with Crippen LogP contribution in [0.2, 0.25) is 0 Å². The minimum Gasteiger partial charge on any atom is -0.369 e. The molecule has 0 aliphatic carbocycles. The molecule has 1 amide bonds. The maximum absolute atomic E-state index is 12.3. The second kappa shape index (κ2) is 8.68. The fourth-order valence-corrected chi connectivity index (χ4v) is 3.13. The smallest absolute Gasteiger partial charge is 0.221 e. The minimum absolute atomic E-state index is 0.0998. The van der Waals surface area contributed by atoms with Crippen molar-refractivity contribution < 1.29 is 4.79 Å². The Hall–Kier alpha value is -1.59. The molecule has 1 aromatic carbocycles. The van der Waals surface area contributed by atoms with Crippen LogP contribution in [-0.2, 0) is 4.79 Å². The van der Waals surface area contributed by atoms with Gasteiger partial charge in [0.25, 0.3) is 0 Å². The highest BCUT2D eigenvalue weighted by atomic mass is 16.1. The van der Waals surface area contributed by atoms with E-state index in [0.717, 1.165) is 32.7 Å². The summed E-state index contributed by atoms with van der Waals surface area (Å²) in [5.74, 6) is 0.419. The topological polar surface area (TPSA) is 61.6 Å². The van der Waals surface area contributed by atoms with E-state index in [9.17, 15) is 4.79 Å². The predicted octanol–water partition coefficient (Wildman–Crippen LogP) is 2.00. The molecular formula is C20H34N4O. The standard InChI is InChI=1S/C20H34N4O/c1-16(2)20(4,15-21)22-19(25)8-9-23-10-12-24(13-11-23)18-7-5-6-17(3)14-18/h5-7,14,16H,8-13,15,21H2,1-4H3,(H,22,25). The van der Waals surface area contributed by atoms with Gasteiger partial charge in [-0.25, -0.2) is 0 Å². The molecule has 0 bridgehead atoms. The molecule has 0 saturated carbocycles. The van der Waals surface area contributed by atoms with Gasteiger partial charge in [0.05, 0.1) is 5.54 Å². The number of rotatable bonds is 7. The lowest BCUT2D eigenvalue weighted by Gasteiger charge is -2.37. The van der Waals surface area contributed by atoms with E-state index in [4.69, 9.17) is 5.73 Å². The number of hydrogen-bond acceptors (Lipinski definition) is 4. The molecule has 1 atom stereocenters. The van der Waals surface area contributed by atoms with E-state index in [1.807, 2.05) is 6.92 Å². The first kappa shape index (κ1) is 19.7. The number of hydrogen-bond donors (Lipinski definition) is 2. The van der Waals surface area contributed by atoms with Crippen molar-refractivity contribution in [1.29, 1.82) is 0 Å². The summed E-state index contributed by atoms with van der Waals surface area (Å²) in [6.07, 6.45) is 0.534. The Morgan fingerprint density at radius 1 is 1.28 bits per heavy atom. The van der Waals surface area contributed by atoms with Crippen molar-refractivity contribution in [3.05, 3.63) is 29.8 Å². The number of amides is 1. The summed E-state index contributed by atoms with van der Waals surface area (Å²) in [6, 6.07) is 8.66. The maximum Gasteiger partial charge on any atom is 0.221 e. The van der Waals surface area contributed by atoms with Gasteiger partial charge in [-0.3, -0.25) is 9.69 Å². The van der Waals surface area contributed by atoms with Crippen molar-refractivity contribution in [3.63, 3.8) is 0 Å². The molecular weight excluding hydrogens is 312 g/mol. The van der Waals surface area contributed by atoms with Crippen LogP contribution in [0, 0.1) is 12.8 Å². The van der Waals surface area contributed by atoms with E-state index in [-0.39, 0.29) is 11.4 Å². The van der Waals surface area contributed by atoms with Crippen molar-refractivity contribution in [3.8, 4) is 0 Å². The summed E-state index contributed by atoms with van der Waals surface area (Å²) in [7, 11) is 0. The molecule has 140 valence electrons. The van der Waals surface area contributed by atoms with Gasteiger partial charge in [0.1, 0.15) is 0 Å². The van der Waals surface area contributed by atoms with Crippen LogP contribution in [0.1, 0.15) is 32.8 Å². The quantitative estimate of drug-likeness (QED) is 0.793. The van der Waals surface area contributed by atoms with Gasteiger partial charge in [0, 0.05) is 51.4 Å². The first-order valence-corrected chi connectivity index (χ1v) is 9.39. The molecule has 3 N–H and O–H groups in total. The van der Waals surface area contributed by atoms with E-state index in [1.54, 1.807) is 0 Å². The summed E-state index contributed by atoms with van der Waals surface area (Å²) in [5, 5.41) is 3.12. The molecule has 0 spiro atoms. The van der Waals surface area contributed by atoms with Crippen LogP contribution in [0.25, 0.3) is 0 Å².